The standard InChI is InChI=1S/C18H24N2O/c1-14(2)17-7-6-15(3)18(11-17)21-10-9-20-13-16-5-4-8-19-12-16/h4-8,11-12,14,20H,9-10,13H2,1-3H3. The van der Waals surface area contributed by atoms with E-state index in [1.165, 1.54) is 16.7 Å². The molecule has 1 N–H and O–H groups in total. The largest absolute Gasteiger partial charge is 0.492 e. The van der Waals surface area contributed by atoms with Gasteiger partial charge in [0.15, 0.2) is 0 Å². The van der Waals surface area contributed by atoms with E-state index in [0.29, 0.717) is 12.5 Å². The third-order valence-electron chi connectivity index (χ3n) is 3.47. The van der Waals surface area contributed by atoms with Crippen molar-refractivity contribution in [2.75, 3.05) is 13.2 Å². The zero-order valence-corrected chi connectivity index (χ0v) is 13.1. The monoisotopic (exact) mass is 284 g/mol. The van der Waals surface area contributed by atoms with Crippen LogP contribution in [-0.2, 0) is 6.54 Å². The van der Waals surface area contributed by atoms with Crippen LogP contribution >= 0.6 is 0 Å². The number of nitrogens with one attached hydrogen (secondary N) is 1. The third-order valence-corrected chi connectivity index (χ3v) is 3.47. The molecule has 0 aliphatic carbocycles. The lowest BCUT2D eigenvalue weighted by molar-refractivity contribution is 0.311. The minimum Gasteiger partial charge on any atom is -0.492 e. The minimum atomic E-state index is 0.525. The number of hydrogen-bond donors (Lipinski definition) is 1. The first-order chi connectivity index (χ1) is 10.2. The summed E-state index contributed by atoms with van der Waals surface area (Å²) in [6.45, 7) is 8.79. The van der Waals surface area contributed by atoms with Gasteiger partial charge in [0.05, 0.1) is 0 Å². The number of aryl methyl sites for hydroxylation is 1. The average molecular weight is 284 g/mol. The Bertz CT molecular complexity index is 552. The Kier molecular flexibility index (Phi) is 5.76. The van der Waals surface area contributed by atoms with E-state index in [-0.39, 0.29) is 0 Å². The van der Waals surface area contributed by atoms with Gasteiger partial charge in [-0.3, -0.25) is 4.98 Å². The van der Waals surface area contributed by atoms with Gasteiger partial charge in [-0.05, 0) is 41.7 Å². The highest BCUT2D eigenvalue weighted by atomic mass is 16.5. The summed E-state index contributed by atoms with van der Waals surface area (Å²) in [5.74, 6) is 1.51. The molecule has 0 spiro atoms. The summed E-state index contributed by atoms with van der Waals surface area (Å²) in [5.41, 5.74) is 3.70. The molecule has 112 valence electrons. The van der Waals surface area contributed by atoms with Crippen molar-refractivity contribution >= 4 is 0 Å². The molecule has 0 atom stereocenters. The average Bonchev–Trinajstić information content (AvgIpc) is 2.49. The van der Waals surface area contributed by atoms with Crippen LogP contribution in [0, 0.1) is 6.92 Å². The van der Waals surface area contributed by atoms with Crippen molar-refractivity contribution in [2.45, 2.75) is 33.2 Å². The summed E-state index contributed by atoms with van der Waals surface area (Å²) in [5, 5.41) is 3.36. The zero-order chi connectivity index (χ0) is 15.1. The lowest BCUT2D eigenvalue weighted by Gasteiger charge is -2.13. The maximum absolute atomic E-state index is 5.89. The smallest absolute Gasteiger partial charge is 0.122 e. The highest BCUT2D eigenvalue weighted by Gasteiger charge is 2.04. The van der Waals surface area contributed by atoms with E-state index >= 15 is 0 Å². The van der Waals surface area contributed by atoms with Crippen LogP contribution in [0.4, 0.5) is 0 Å². The molecule has 0 saturated heterocycles. The van der Waals surface area contributed by atoms with Crippen LogP contribution < -0.4 is 10.1 Å². The molecular weight excluding hydrogens is 260 g/mol. The Morgan fingerprint density at radius 2 is 2.10 bits per heavy atom. The van der Waals surface area contributed by atoms with E-state index < -0.39 is 0 Å². The van der Waals surface area contributed by atoms with Crippen molar-refractivity contribution in [3.05, 3.63) is 59.4 Å². The molecule has 0 amide bonds. The molecule has 1 heterocycles. The van der Waals surface area contributed by atoms with Gasteiger partial charge in [0.2, 0.25) is 0 Å². The fourth-order valence-corrected chi connectivity index (χ4v) is 2.10. The molecular formula is C18H24N2O. The number of aromatic nitrogens is 1. The molecule has 1 aromatic carbocycles. The summed E-state index contributed by atoms with van der Waals surface area (Å²) < 4.78 is 5.89. The maximum Gasteiger partial charge on any atom is 0.122 e. The van der Waals surface area contributed by atoms with Crippen molar-refractivity contribution in [3.63, 3.8) is 0 Å². The van der Waals surface area contributed by atoms with Gasteiger partial charge in [-0.1, -0.05) is 32.0 Å². The van der Waals surface area contributed by atoms with E-state index in [1.807, 2.05) is 12.3 Å². The number of rotatable bonds is 7. The Labute approximate surface area is 127 Å². The number of hydrogen-bond acceptors (Lipinski definition) is 3. The van der Waals surface area contributed by atoms with Crippen LogP contribution in [0.2, 0.25) is 0 Å². The number of ether oxygens (including phenoxy) is 1. The zero-order valence-electron chi connectivity index (χ0n) is 13.1. The van der Waals surface area contributed by atoms with Gasteiger partial charge in [0, 0.05) is 25.5 Å². The first kappa shape index (κ1) is 15.5. The summed E-state index contributed by atoms with van der Waals surface area (Å²) in [6, 6.07) is 10.5. The Morgan fingerprint density at radius 1 is 1.24 bits per heavy atom. The van der Waals surface area contributed by atoms with E-state index in [0.717, 1.165) is 18.8 Å². The second kappa shape index (κ2) is 7.79. The molecule has 1 aromatic heterocycles. The molecule has 0 unspecified atom stereocenters. The summed E-state index contributed by atoms with van der Waals surface area (Å²) in [4.78, 5) is 4.10. The molecule has 0 fully saturated rings. The SMILES string of the molecule is Cc1ccc(C(C)C)cc1OCCNCc1cccnc1. The second-order valence-electron chi connectivity index (χ2n) is 5.57. The minimum absolute atomic E-state index is 0.525. The fourth-order valence-electron chi connectivity index (χ4n) is 2.10. The lowest BCUT2D eigenvalue weighted by atomic mass is 10.0. The molecule has 0 aliphatic heterocycles. The van der Waals surface area contributed by atoms with E-state index in [1.54, 1.807) is 6.20 Å². The summed E-state index contributed by atoms with van der Waals surface area (Å²) in [6.07, 6.45) is 3.67. The van der Waals surface area contributed by atoms with Crippen LogP contribution in [0.15, 0.2) is 42.7 Å². The Morgan fingerprint density at radius 3 is 2.81 bits per heavy atom. The van der Waals surface area contributed by atoms with Gasteiger partial charge in [-0.15, -0.1) is 0 Å². The molecule has 0 radical (unpaired) electrons. The second-order valence-corrected chi connectivity index (χ2v) is 5.57. The summed E-state index contributed by atoms with van der Waals surface area (Å²) >= 11 is 0. The molecule has 21 heavy (non-hydrogen) atoms. The highest BCUT2D eigenvalue weighted by Crippen LogP contribution is 2.24. The van der Waals surface area contributed by atoms with Crippen molar-refractivity contribution in [3.8, 4) is 5.75 Å². The summed E-state index contributed by atoms with van der Waals surface area (Å²) in [7, 11) is 0. The molecule has 0 saturated carbocycles. The molecule has 0 aliphatic rings. The van der Waals surface area contributed by atoms with E-state index in [9.17, 15) is 0 Å². The van der Waals surface area contributed by atoms with E-state index in [4.69, 9.17) is 4.74 Å². The topological polar surface area (TPSA) is 34.1 Å². The van der Waals surface area contributed by atoms with Crippen LogP contribution in [-0.4, -0.2) is 18.1 Å². The normalized spacial score (nSPS) is 10.9. The highest BCUT2D eigenvalue weighted by molar-refractivity contribution is 5.37. The van der Waals surface area contributed by atoms with Crippen LogP contribution in [0.25, 0.3) is 0 Å². The maximum atomic E-state index is 5.89. The van der Waals surface area contributed by atoms with Crippen molar-refractivity contribution < 1.29 is 4.74 Å². The number of benzene rings is 1. The molecule has 2 aromatic rings. The van der Waals surface area contributed by atoms with Crippen molar-refractivity contribution in [1.82, 2.24) is 10.3 Å². The fraction of sp³-hybridized carbons (Fsp3) is 0.389. The molecule has 2 rings (SSSR count). The van der Waals surface area contributed by atoms with Gasteiger partial charge >= 0.3 is 0 Å². The van der Waals surface area contributed by atoms with Crippen LogP contribution in [0.3, 0.4) is 0 Å². The number of pyridine rings is 1. The van der Waals surface area contributed by atoms with Gasteiger partial charge in [-0.2, -0.15) is 0 Å². The Hall–Kier alpha value is -1.87. The van der Waals surface area contributed by atoms with Gasteiger partial charge < -0.3 is 10.1 Å². The first-order valence-corrected chi connectivity index (χ1v) is 7.50. The Balaban J connectivity index is 1.77. The van der Waals surface area contributed by atoms with Crippen molar-refractivity contribution in [2.24, 2.45) is 0 Å². The van der Waals surface area contributed by atoms with Gasteiger partial charge in [0.25, 0.3) is 0 Å². The van der Waals surface area contributed by atoms with Crippen LogP contribution in [0.5, 0.6) is 5.75 Å². The molecule has 0 bridgehead atoms. The first-order valence-electron chi connectivity index (χ1n) is 7.50. The lowest BCUT2D eigenvalue weighted by Crippen LogP contribution is -2.20. The van der Waals surface area contributed by atoms with Gasteiger partial charge in [-0.25, -0.2) is 0 Å². The third kappa shape index (κ3) is 4.87. The predicted octanol–water partition coefficient (Wildman–Crippen LogP) is 3.68. The van der Waals surface area contributed by atoms with Crippen molar-refractivity contribution in [1.29, 1.82) is 0 Å². The predicted molar refractivity (Wildman–Crippen MR) is 86.7 cm³/mol. The van der Waals surface area contributed by atoms with E-state index in [2.05, 4.69) is 55.3 Å². The van der Waals surface area contributed by atoms with Crippen LogP contribution in [0.1, 0.15) is 36.5 Å². The number of nitrogens with zero attached hydrogens (tertiary/aromatic N) is 1. The molecule has 3 heteroatoms. The molecule has 3 nitrogen and oxygen atoms in total. The quantitative estimate of drug-likeness (QED) is 0.788. The van der Waals surface area contributed by atoms with Gasteiger partial charge in [0.1, 0.15) is 12.4 Å².